The van der Waals surface area contributed by atoms with E-state index in [-0.39, 0.29) is 23.8 Å². The van der Waals surface area contributed by atoms with Crippen LogP contribution < -0.4 is 10.6 Å². The Bertz CT molecular complexity index is 756. The van der Waals surface area contributed by atoms with E-state index in [9.17, 15) is 14.0 Å². The summed E-state index contributed by atoms with van der Waals surface area (Å²) >= 11 is 0. The van der Waals surface area contributed by atoms with Gasteiger partial charge >= 0.3 is 6.03 Å². The number of carbonyl (C=O) groups excluding carboxylic acids is 2. The summed E-state index contributed by atoms with van der Waals surface area (Å²) in [5.74, 6) is 0.124. The first-order chi connectivity index (χ1) is 12.1. The summed E-state index contributed by atoms with van der Waals surface area (Å²) in [6.45, 7) is 1.01. The Kier molecular flexibility index (Phi) is 5.13. The molecule has 3 amide bonds. The van der Waals surface area contributed by atoms with Crippen molar-refractivity contribution in [2.24, 2.45) is 0 Å². The molecule has 1 fully saturated rings. The molecule has 2 N–H and O–H groups in total. The predicted molar refractivity (Wildman–Crippen MR) is 91.3 cm³/mol. The van der Waals surface area contributed by atoms with Gasteiger partial charge in [-0.1, -0.05) is 0 Å². The van der Waals surface area contributed by atoms with Crippen LogP contribution in [0.2, 0.25) is 0 Å². The van der Waals surface area contributed by atoms with Gasteiger partial charge in [-0.3, -0.25) is 4.79 Å². The van der Waals surface area contributed by atoms with Crippen LogP contribution in [-0.2, 0) is 4.79 Å². The second-order valence-electron chi connectivity index (χ2n) is 5.72. The molecule has 3 rings (SSSR count). The van der Waals surface area contributed by atoms with Gasteiger partial charge in [0.15, 0.2) is 0 Å². The Hall–Kier alpha value is -3.09. The van der Waals surface area contributed by atoms with Crippen LogP contribution in [0, 0.1) is 5.82 Å². The van der Waals surface area contributed by atoms with E-state index in [1.807, 2.05) is 0 Å². The number of nitrogens with zero attached hydrogens (tertiary/aromatic N) is 1. The fraction of sp³-hybridized carbons (Fsp3) is 0.222. The number of hydrogen-bond acceptors (Lipinski definition) is 3. The summed E-state index contributed by atoms with van der Waals surface area (Å²) in [6, 6.07) is 8.53. The van der Waals surface area contributed by atoms with Crippen molar-refractivity contribution in [2.75, 3.05) is 18.4 Å². The first-order valence-electron chi connectivity index (χ1n) is 7.94. The summed E-state index contributed by atoms with van der Waals surface area (Å²) in [5, 5.41) is 5.45. The minimum atomic E-state index is -0.378. The largest absolute Gasteiger partial charge is 0.465 e. The number of anilines is 1. The van der Waals surface area contributed by atoms with E-state index in [1.165, 1.54) is 30.3 Å². The minimum Gasteiger partial charge on any atom is -0.465 e. The normalized spacial score (nSPS) is 17.0. The Morgan fingerprint density at radius 2 is 2.04 bits per heavy atom. The molecule has 7 heteroatoms. The number of benzene rings is 1. The number of urea groups is 1. The lowest BCUT2D eigenvalue weighted by atomic mass is 10.3. The summed E-state index contributed by atoms with van der Waals surface area (Å²) in [7, 11) is 0. The van der Waals surface area contributed by atoms with Crippen LogP contribution in [0.1, 0.15) is 12.2 Å². The van der Waals surface area contributed by atoms with Gasteiger partial charge in [-0.15, -0.1) is 0 Å². The maximum absolute atomic E-state index is 12.8. The number of rotatable bonds is 4. The molecule has 1 atom stereocenters. The van der Waals surface area contributed by atoms with Crippen LogP contribution in [0.5, 0.6) is 0 Å². The van der Waals surface area contributed by atoms with Crippen molar-refractivity contribution in [3.05, 3.63) is 60.3 Å². The molecule has 0 bridgehead atoms. The Labute approximate surface area is 144 Å². The highest BCUT2D eigenvalue weighted by Gasteiger charge is 2.26. The quantitative estimate of drug-likeness (QED) is 0.838. The Morgan fingerprint density at radius 1 is 1.24 bits per heavy atom. The molecule has 1 aliphatic rings. The van der Waals surface area contributed by atoms with Gasteiger partial charge < -0.3 is 20.0 Å². The second-order valence-corrected chi connectivity index (χ2v) is 5.72. The standard InChI is InChI=1S/C18H18FN3O3/c19-13-3-5-14(6-4-13)20-18(24)21-15-9-10-22(12-15)17(23)8-7-16-2-1-11-25-16/h1-8,11,15H,9-10,12H2,(H2,20,21,24). The number of nitrogens with one attached hydrogen (secondary N) is 2. The lowest BCUT2D eigenvalue weighted by Gasteiger charge is -2.16. The summed E-state index contributed by atoms with van der Waals surface area (Å²) in [5.41, 5.74) is 0.506. The molecule has 0 spiro atoms. The molecule has 0 saturated carbocycles. The van der Waals surface area contributed by atoms with Crippen molar-refractivity contribution in [1.82, 2.24) is 10.2 Å². The van der Waals surface area contributed by atoms with Crippen LogP contribution in [0.25, 0.3) is 6.08 Å². The van der Waals surface area contributed by atoms with E-state index < -0.39 is 0 Å². The molecule has 6 nitrogen and oxygen atoms in total. The maximum atomic E-state index is 12.8. The van der Waals surface area contributed by atoms with Crippen LogP contribution in [-0.4, -0.2) is 36.0 Å². The topological polar surface area (TPSA) is 74.6 Å². The number of hydrogen-bond donors (Lipinski definition) is 2. The van der Waals surface area contributed by atoms with Crippen LogP contribution >= 0.6 is 0 Å². The molecule has 0 radical (unpaired) electrons. The predicted octanol–water partition coefficient (Wildman–Crippen LogP) is 2.85. The molecule has 2 aromatic rings. The van der Waals surface area contributed by atoms with E-state index in [0.29, 0.717) is 31.0 Å². The first-order valence-corrected chi connectivity index (χ1v) is 7.94. The highest BCUT2D eigenvalue weighted by Crippen LogP contribution is 2.12. The second kappa shape index (κ2) is 7.65. The zero-order valence-corrected chi connectivity index (χ0v) is 13.4. The molecule has 1 aromatic heterocycles. The Morgan fingerprint density at radius 3 is 2.76 bits per heavy atom. The van der Waals surface area contributed by atoms with Gasteiger partial charge in [0.25, 0.3) is 0 Å². The molecule has 1 aliphatic heterocycles. The van der Waals surface area contributed by atoms with Crippen molar-refractivity contribution < 1.29 is 18.4 Å². The first kappa shape index (κ1) is 16.8. The molecular formula is C18H18FN3O3. The zero-order valence-electron chi connectivity index (χ0n) is 13.4. The molecule has 130 valence electrons. The van der Waals surface area contributed by atoms with Crippen molar-refractivity contribution in [1.29, 1.82) is 0 Å². The summed E-state index contributed by atoms with van der Waals surface area (Å²) < 4.78 is 18.0. The van der Waals surface area contributed by atoms with Crippen molar-refractivity contribution in [2.45, 2.75) is 12.5 Å². The highest BCUT2D eigenvalue weighted by atomic mass is 19.1. The third-order valence-corrected chi connectivity index (χ3v) is 3.87. The highest BCUT2D eigenvalue weighted by molar-refractivity contribution is 5.92. The fourth-order valence-corrected chi connectivity index (χ4v) is 2.61. The molecule has 1 saturated heterocycles. The SMILES string of the molecule is O=C(Nc1ccc(F)cc1)NC1CCN(C(=O)C=Cc2ccco2)C1. The minimum absolute atomic E-state index is 0.124. The van der Waals surface area contributed by atoms with Gasteiger partial charge in [0.05, 0.1) is 6.26 Å². The van der Waals surface area contributed by atoms with E-state index in [1.54, 1.807) is 29.4 Å². The van der Waals surface area contributed by atoms with Crippen LogP contribution in [0.3, 0.4) is 0 Å². The molecule has 1 aromatic carbocycles. The maximum Gasteiger partial charge on any atom is 0.319 e. The summed E-state index contributed by atoms with van der Waals surface area (Å²) in [4.78, 5) is 25.8. The molecular weight excluding hydrogens is 325 g/mol. The molecule has 25 heavy (non-hydrogen) atoms. The van der Waals surface area contributed by atoms with Crippen molar-refractivity contribution in [3.8, 4) is 0 Å². The number of halogens is 1. The molecule has 0 aliphatic carbocycles. The van der Waals surface area contributed by atoms with Gasteiger partial charge in [-0.05, 0) is 48.9 Å². The van der Waals surface area contributed by atoms with Crippen LogP contribution in [0.4, 0.5) is 14.9 Å². The van der Waals surface area contributed by atoms with Gasteiger partial charge in [-0.25, -0.2) is 9.18 Å². The van der Waals surface area contributed by atoms with Gasteiger partial charge in [0.1, 0.15) is 11.6 Å². The van der Waals surface area contributed by atoms with Gasteiger partial charge in [-0.2, -0.15) is 0 Å². The van der Waals surface area contributed by atoms with E-state index in [4.69, 9.17) is 4.42 Å². The fourth-order valence-electron chi connectivity index (χ4n) is 2.61. The Balaban J connectivity index is 1.46. The third kappa shape index (κ3) is 4.69. The third-order valence-electron chi connectivity index (χ3n) is 3.87. The number of furan rings is 1. The van der Waals surface area contributed by atoms with Gasteiger partial charge in [0.2, 0.25) is 5.91 Å². The summed E-state index contributed by atoms with van der Waals surface area (Å²) in [6.07, 6.45) is 5.29. The number of likely N-dealkylation sites (tertiary alicyclic amines) is 1. The lowest BCUT2D eigenvalue weighted by Crippen LogP contribution is -2.40. The number of carbonyl (C=O) groups is 2. The van der Waals surface area contributed by atoms with Crippen molar-refractivity contribution >= 4 is 23.7 Å². The average molecular weight is 343 g/mol. The average Bonchev–Trinajstić information content (AvgIpc) is 3.26. The zero-order chi connectivity index (χ0) is 17.6. The van der Waals surface area contributed by atoms with E-state index >= 15 is 0 Å². The van der Waals surface area contributed by atoms with E-state index in [0.717, 1.165) is 0 Å². The number of amides is 3. The van der Waals surface area contributed by atoms with Gasteiger partial charge in [0, 0.05) is 30.9 Å². The molecule has 1 unspecified atom stereocenters. The smallest absolute Gasteiger partial charge is 0.319 e. The lowest BCUT2D eigenvalue weighted by molar-refractivity contribution is -0.125. The molecule has 2 heterocycles. The monoisotopic (exact) mass is 343 g/mol. The van der Waals surface area contributed by atoms with E-state index in [2.05, 4.69) is 10.6 Å². The van der Waals surface area contributed by atoms with Crippen molar-refractivity contribution in [3.63, 3.8) is 0 Å². The van der Waals surface area contributed by atoms with Crippen LogP contribution in [0.15, 0.2) is 53.2 Å².